The standard InChI is InChI=1S/C20H20N4O3S2/c1-29(27)16-7-3-6-15(9-16)19(26)22-11-18(25)24-20-23-17(12-28-20)14-5-2-4-13(8-14)10-21/h2-9,12H,10-11,21H2,1H3,(H,22,26)(H,23,24,25). The Labute approximate surface area is 174 Å². The second-order valence-corrected chi connectivity index (χ2v) is 8.39. The van der Waals surface area contributed by atoms with Gasteiger partial charge in [0.2, 0.25) is 5.91 Å². The Balaban J connectivity index is 1.57. The summed E-state index contributed by atoms with van der Waals surface area (Å²) in [6.45, 7) is 0.244. The van der Waals surface area contributed by atoms with E-state index >= 15 is 0 Å². The van der Waals surface area contributed by atoms with Crippen molar-refractivity contribution < 1.29 is 13.8 Å². The summed E-state index contributed by atoms with van der Waals surface area (Å²) in [6, 6.07) is 14.2. The van der Waals surface area contributed by atoms with E-state index in [1.165, 1.54) is 11.3 Å². The van der Waals surface area contributed by atoms with E-state index in [9.17, 15) is 13.8 Å². The van der Waals surface area contributed by atoms with Gasteiger partial charge in [0.25, 0.3) is 5.91 Å². The zero-order chi connectivity index (χ0) is 20.8. The predicted octanol–water partition coefficient (Wildman–Crippen LogP) is 2.37. The average molecular weight is 429 g/mol. The molecule has 1 atom stereocenters. The van der Waals surface area contributed by atoms with Crippen LogP contribution in [-0.4, -0.2) is 33.8 Å². The molecule has 0 fully saturated rings. The monoisotopic (exact) mass is 428 g/mol. The zero-order valence-corrected chi connectivity index (χ0v) is 17.3. The van der Waals surface area contributed by atoms with Crippen LogP contribution >= 0.6 is 11.3 Å². The van der Waals surface area contributed by atoms with Gasteiger partial charge < -0.3 is 16.4 Å². The highest BCUT2D eigenvalue weighted by molar-refractivity contribution is 7.84. The minimum Gasteiger partial charge on any atom is -0.343 e. The first-order valence-corrected chi connectivity index (χ1v) is 11.2. The number of nitrogens with two attached hydrogens (primary N) is 1. The van der Waals surface area contributed by atoms with Gasteiger partial charge in [0.1, 0.15) is 0 Å². The quantitative estimate of drug-likeness (QED) is 0.535. The minimum atomic E-state index is -1.18. The van der Waals surface area contributed by atoms with Crippen LogP contribution in [0.1, 0.15) is 15.9 Å². The highest BCUT2D eigenvalue weighted by Gasteiger charge is 2.12. The molecule has 0 radical (unpaired) electrons. The number of nitrogens with one attached hydrogen (secondary N) is 2. The van der Waals surface area contributed by atoms with Gasteiger partial charge in [0, 0.05) is 45.0 Å². The zero-order valence-electron chi connectivity index (χ0n) is 15.7. The first kappa shape index (κ1) is 20.8. The van der Waals surface area contributed by atoms with E-state index in [2.05, 4.69) is 15.6 Å². The van der Waals surface area contributed by atoms with E-state index in [1.54, 1.807) is 30.5 Å². The van der Waals surface area contributed by atoms with Gasteiger partial charge in [-0.25, -0.2) is 4.98 Å². The number of carbonyl (C=O) groups excluding carboxylic acids is 2. The number of benzene rings is 2. The molecule has 0 saturated heterocycles. The van der Waals surface area contributed by atoms with E-state index in [-0.39, 0.29) is 12.5 Å². The lowest BCUT2D eigenvalue weighted by atomic mass is 10.1. The van der Waals surface area contributed by atoms with Crippen molar-refractivity contribution in [2.45, 2.75) is 11.4 Å². The predicted molar refractivity (Wildman–Crippen MR) is 115 cm³/mol. The molecule has 0 spiro atoms. The summed E-state index contributed by atoms with van der Waals surface area (Å²) >= 11 is 1.30. The Morgan fingerprint density at radius 3 is 2.72 bits per heavy atom. The molecule has 1 unspecified atom stereocenters. The third-order valence-corrected chi connectivity index (χ3v) is 5.72. The fourth-order valence-electron chi connectivity index (χ4n) is 2.56. The fourth-order valence-corrected chi connectivity index (χ4v) is 3.86. The van der Waals surface area contributed by atoms with Gasteiger partial charge in [-0.3, -0.25) is 13.8 Å². The average Bonchev–Trinajstić information content (AvgIpc) is 3.20. The number of hydrogen-bond donors (Lipinski definition) is 3. The van der Waals surface area contributed by atoms with E-state index in [1.807, 2.05) is 29.6 Å². The summed E-state index contributed by atoms with van der Waals surface area (Å²) in [7, 11) is -1.18. The van der Waals surface area contributed by atoms with Gasteiger partial charge in [-0.15, -0.1) is 11.3 Å². The van der Waals surface area contributed by atoms with Crippen LogP contribution in [-0.2, 0) is 22.1 Å². The summed E-state index contributed by atoms with van der Waals surface area (Å²) in [5.41, 5.74) is 8.68. The Morgan fingerprint density at radius 1 is 1.17 bits per heavy atom. The number of aromatic nitrogens is 1. The second kappa shape index (κ2) is 9.55. The second-order valence-electron chi connectivity index (χ2n) is 6.16. The van der Waals surface area contributed by atoms with E-state index in [4.69, 9.17) is 5.73 Å². The molecule has 0 aliphatic heterocycles. The molecule has 7 nitrogen and oxygen atoms in total. The van der Waals surface area contributed by atoms with Gasteiger partial charge in [-0.2, -0.15) is 0 Å². The molecule has 3 aromatic rings. The molecular formula is C20H20N4O3S2. The number of hydrogen-bond acceptors (Lipinski definition) is 6. The number of carbonyl (C=O) groups is 2. The Morgan fingerprint density at radius 2 is 1.97 bits per heavy atom. The summed E-state index contributed by atoms with van der Waals surface area (Å²) in [6.07, 6.45) is 1.54. The maximum atomic E-state index is 12.2. The summed E-state index contributed by atoms with van der Waals surface area (Å²) < 4.78 is 11.5. The number of rotatable bonds is 7. The topological polar surface area (TPSA) is 114 Å². The van der Waals surface area contributed by atoms with Crippen molar-refractivity contribution in [3.63, 3.8) is 0 Å². The SMILES string of the molecule is CS(=O)c1cccc(C(=O)NCC(=O)Nc2nc(-c3cccc(CN)c3)cs2)c1. The van der Waals surface area contributed by atoms with Crippen LogP contribution < -0.4 is 16.4 Å². The van der Waals surface area contributed by atoms with Crippen molar-refractivity contribution >= 4 is 39.1 Å². The van der Waals surface area contributed by atoms with Gasteiger partial charge >= 0.3 is 0 Å². The van der Waals surface area contributed by atoms with Crippen LogP contribution in [0, 0.1) is 0 Å². The van der Waals surface area contributed by atoms with E-state index < -0.39 is 16.7 Å². The molecular weight excluding hydrogens is 408 g/mol. The molecule has 29 heavy (non-hydrogen) atoms. The van der Waals surface area contributed by atoms with Crippen molar-refractivity contribution in [1.29, 1.82) is 0 Å². The molecule has 2 aromatic carbocycles. The largest absolute Gasteiger partial charge is 0.343 e. The lowest BCUT2D eigenvalue weighted by molar-refractivity contribution is -0.115. The number of thiazole rings is 1. The number of nitrogens with zero attached hydrogens (tertiary/aromatic N) is 1. The van der Waals surface area contributed by atoms with Crippen molar-refractivity contribution in [1.82, 2.24) is 10.3 Å². The van der Waals surface area contributed by atoms with Crippen molar-refractivity contribution in [3.8, 4) is 11.3 Å². The van der Waals surface area contributed by atoms with Crippen molar-refractivity contribution in [2.75, 3.05) is 18.1 Å². The van der Waals surface area contributed by atoms with Gasteiger partial charge in [-0.05, 0) is 29.8 Å². The third kappa shape index (κ3) is 5.57. The van der Waals surface area contributed by atoms with Crippen LogP contribution in [0.25, 0.3) is 11.3 Å². The van der Waals surface area contributed by atoms with Crippen molar-refractivity contribution in [2.24, 2.45) is 5.73 Å². The van der Waals surface area contributed by atoms with Gasteiger partial charge in [0.05, 0.1) is 12.2 Å². The molecule has 2 amide bonds. The minimum absolute atomic E-state index is 0.199. The molecule has 9 heteroatoms. The first-order valence-electron chi connectivity index (χ1n) is 8.72. The molecule has 0 saturated carbocycles. The van der Waals surface area contributed by atoms with E-state index in [0.717, 1.165) is 16.8 Å². The number of anilines is 1. The Hall–Kier alpha value is -2.88. The van der Waals surface area contributed by atoms with Crippen LogP contribution in [0.5, 0.6) is 0 Å². The summed E-state index contributed by atoms with van der Waals surface area (Å²) in [4.78, 5) is 29.3. The highest BCUT2D eigenvalue weighted by atomic mass is 32.2. The number of amides is 2. The lowest BCUT2D eigenvalue weighted by Gasteiger charge is -2.06. The normalized spacial score (nSPS) is 11.7. The summed E-state index contributed by atoms with van der Waals surface area (Å²) in [5.74, 6) is -0.795. The van der Waals surface area contributed by atoms with Crippen LogP contribution in [0.3, 0.4) is 0 Å². The van der Waals surface area contributed by atoms with Gasteiger partial charge in [0.15, 0.2) is 5.13 Å². The Kier molecular flexibility index (Phi) is 6.86. The fraction of sp³-hybridized carbons (Fsp3) is 0.150. The molecule has 1 heterocycles. The van der Waals surface area contributed by atoms with Crippen LogP contribution in [0.2, 0.25) is 0 Å². The molecule has 1 aromatic heterocycles. The van der Waals surface area contributed by atoms with Crippen LogP contribution in [0.4, 0.5) is 5.13 Å². The molecule has 3 rings (SSSR count). The maximum Gasteiger partial charge on any atom is 0.251 e. The van der Waals surface area contributed by atoms with E-state index in [0.29, 0.717) is 22.1 Å². The highest BCUT2D eigenvalue weighted by Crippen LogP contribution is 2.25. The molecule has 150 valence electrons. The molecule has 0 bridgehead atoms. The molecule has 4 N–H and O–H groups in total. The maximum absolute atomic E-state index is 12.2. The van der Waals surface area contributed by atoms with Crippen LogP contribution in [0.15, 0.2) is 58.8 Å². The third-order valence-electron chi connectivity index (χ3n) is 4.05. The van der Waals surface area contributed by atoms with Gasteiger partial charge in [-0.1, -0.05) is 24.3 Å². The molecule has 0 aliphatic carbocycles. The lowest BCUT2D eigenvalue weighted by Crippen LogP contribution is -2.32. The first-order chi connectivity index (χ1) is 14.0. The molecule has 0 aliphatic rings. The summed E-state index contributed by atoms with van der Waals surface area (Å²) in [5, 5.41) is 7.52. The Bertz CT molecular complexity index is 1070. The van der Waals surface area contributed by atoms with Crippen molar-refractivity contribution in [3.05, 3.63) is 65.0 Å². The smallest absolute Gasteiger partial charge is 0.251 e.